The summed E-state index contributed by atoms with van der Waals surface area (Å²) >= 11 is 0. The van der Waals surface area contributed by atoms with E-state index in [0.29, 0.717) is 0 Å². The van der Waals surface area contributed by atoms with Crippen LogP contribution >= 0.6 is 0 Å². The number of para-hydroxylation sites is 2. The van der Waals surface area contributed by atoms with Crippen LogP contribution in [0.2, 0.25) is 0 Å². The maximum atomic E-state index is 7.06. The van der Waals surface area contributed by atoms with Crippen LogP contribution in [0.5, 0.6) is 23.0 Å². The molecule has 0 spiro atoms. The SMILES string of the molecule is CC1(C)c2ccccc2Oc2ccc(N(c3ccc(-c4ccccc4)cc3)c3ccc4c(c3)Oc3cccc5c3B4c3c(ccc4ccccc34)N5c3ccccc3)cc21. The smallest absolute Gasteiger partial charge is 0.257 e. The maximum absolute atomic E-state index is 7.06. The molecule has 0 bridgehead atoms. The van der Waals surface area contributed by atoms with Crippen molar-refractivity contribution in [2.75, 3.05) is 9.80 Å². The number of benzene rings is 9. The molecule has 0 aromatic heterocycles. The van der Waals surface area contributed by atoms with Gasteiger partial charge in [0.1, 0.15) is 23.0 Å². The van der Waals surface area contributed by atoms with Gasteiger partial charge in [-0.15, -0.1) is 0 Å². The predicted octanol–water partition coefficient (Wildman–Crippen LogP) is 12.8. The standard InChI is InChI=1S/C55H39BN2O2/c1-55(2)44-20-11-12-22-49(44)59-50-33-30-41(34-45(50)55)57(40-27-24-37(25-28-40)36-14-5-3-6-15-36)42-29-31-46-52(35-42)60-51-23-13-21-47-54(51)56(46)53-43-19-10-9-16-38(43)26-32-48(53)58(47)39-17-7-4-8-18-39/h3-35H,1-2H3. The molecule has 3 aliphatic heterocycles. The Morgan fingerprint density at radius 3 is 1.93 bits per heavy atom. The Morgan fingerprint density at radius 1 is 0.450 bits per heavy atom. The van der Waals surface area contributed by atoms with Crippen molar-refractivity contribution in [3.8, 4) is 34.1 Å². The van der Waals surface area contributed by atoms with Gasteiger partial charge in [-0.05, 0) is 111 Å². The Hall–Kier alpha value is -7.50. The zero-order chi connectivity index (χ0) is 40.0. The zero-order valence-corrected chi connectivity index (χ0v) is 33.3. The van der Waals surface area contributed by atoms with Gasteiger partial charge in [-0.25, -0.2) is 0 Å². The molecule has 9 aromatic carbocycles. The third-order valence-electron chi connectivity index (χ3n) is 12.8. The van der Waals surface area contributed by atoms with Gasteiger partial charge in [-0.1, -0.05) is 135 Å². The number of anilines is 6. The molecule has 0 fully saturated rings. The Kier molecular flexibility index (Phi) is 7.64. The van der Waals surface area contributed by atoms with Gasteiger partial charge in [-0.2, -0.15) is 0 Å². The van der Waals surface area contributed by atoms with Gasteiger partial charge in [-0.3, -0.25) is 0 Å². The Morgan fingerprint density at radius 2 is 1.08 bits per heavy atom. The van der Waals surface area contributed by atoms with Crippen molar-refractivity contribution < 1.29 is 9.47 Å². The molecule has 0 N–H and O–H groups in total. The summed E-state index contributed by atoms with van der Waals surface area (Å²) in [4.78, 5) is 4.75. The number of ether oxygens (including phenoxy) is 2. The summed E-state index contributed by atoms with van der Waals surface area (Å²) in [6.45, 7) is 4.55. The number of hydrogen-bond acceptors (Lipinski definition) is 4. The van der Waals surface area contributed by atoms with Crippen LogP contribution in [0.15, 0.2) is 200 Å². The molecule has 4 nitrogen and oxygen atoms in total. The van der Waals surface area contributed by atoms with E-state index in [4.69, 9.17) is 9.47 Å². The van der Waals surface area contributed by atoms with Crippen LogP contribution in [0.25, 0.3) is 21.9 Å². The molecular formula is C55H39BN2O2. The lowest BCUT2D eigenvalue weighted by Gasteiger charge is -2.40. The highest BCUT2D eigenvalue weighted by Crippen LogP contribution is 2.50. The minimum atomic E-state index is -0.270. The molecule has 0 aliphatic carbocycles. The van der Waals surface area contributed by atoms with E-state index in [1.54, 1.807) is 0 Å². The van der Waals surface area contributed by atoms with Gasteiger partial charge in [0.15, 0.2) is 0 Å². The molecule has 0 saturated heterocycles. The van der Waals surface area contributed by atoms with E-state index < -0.39 is 0 Å². The first-order valence-electron chi connectivity index (χ1n) is 20.7. The lowest BCUT2D eigenvalue weighted by molar-refractivity contribution is 0.418. The molecule has 12 rings (SSSR count). The lowest BCUT2D eigenvalue weighted by atomic mass is 9.33. The number of hydrogen-bond donors (Lipinski definition) is 0. The highest BCUT2D eigenvalue weighted by atomic mass is 16.5. The quantitative estimate of drug-likeness (QED) is 0.163. The van der Waals surface area contributed by atoms with Gasteiger partial charge >= 0.3 is 0 Å². The normalized spacial score (nSPS) is 13.8. The van der Waals surface area contributed by atoms with E-state index in [9.17, 15) is 0 Å². The fourth-order valence-corrected chi connectivity index (χ4v) is 9.89. The fourth-order valence-electron chi connectivity index (χ4n) is 9.89. The molecule has 0 radical (unpaired) electrons. The predicted molar refractivity (Wildman–Crippen MR) is 249 cm³/mol. The highest BCUT2D eigenvalue weighted by Gasteiger charge is 2.43. The third kappa shape index (κ3) is 5.25. The van der Waals surface area contributed by atoms with Crippen LogP contribution in [-0.2, 0) is 5.41 Å². The second-order valence-corrected chi connectivity index (χ2v) is 16.5. The molecule has 0 saturated carbocycles. The average molecular weight is 771 g/mol. The second-order valence-electron chi connectivity index (χ2n) is 16.5. The topological polar surface area (TPSA) is 24.9 Å². The van der Waals surface area contributed by atoms with Crippen molar-refractivity contribution in [1.29, 1.82) is 0 Å². The molecule has 3 heterocycles. The summed E-state index contributed by atoms with van der Waals surface area (Å²) < 4.78 is 13.6. The minimum absolute atomic E-state index is 0.0320. The summed E-state index contributed by atoms with van der Waals surface area (Å²) in [6.07, 6.45) is 0. The molecule has 5 heteroatoms. The van der Waals surface area contributed by atoms with Gasteiger partial charge in [0.05, 0.1) is 0 Å². The van der Waals surface area contributed by atoms with E-state index >= 15 is 0 Å². The third-order valence-corrected chi connectivity index (χ3v) is 12.8. The lowest BCUT2D eigenvalue weighted by Crippen LogP contribution is -2.59. The van der Waals surface area contributed by atoms with Gasteiger partial charge in [0.25, 0.3) is 6.71 Å². The molecule has 284 valence electrons. The van der Waals surface area contributed by atoms with Crippen molar-refractivity contribution in [2.24, 2.45) is 0 Å². The minimum Gasteiger partial charge on any atom is -0.458 e. The molecule has 9 aromatic rings. The largest absolute Gasteiger partial charge is 0.458 e. The number of nitrogens with zero attached hydrogens (tertiary/aromatic N) is 2. The first kappa shape index (κ1) is 34.5. The monoisotopic (exact) mass is 770 g/mol. The van der Waals surface area contributed by atoms with Crippen molar-refractivity contribution in [3.63, 3.8) is 0 Å². The van der Waals surface area contributed by atoms with Crippen LogP contribution in [0, 0.1) is 0 Å². The molecule has 0 atom stereocenters. The summed E-state index contributed by atoms with van der Waals surface area (Å²) in [5, 5.41) is 2.47. The van der Waals surface area contributed by atoms with Crippen LogP contribution in [-0.4, -0.2) is 6.71 Å². The van der Waals surface area contributed by atoms with E-state index in [2.05, 4.69) is 218 Å². The molecular weight excluding hydrogens is 731 g/mol. The highest BCUT2D eigenvalue weighted by molar-refractivity contribution is 7.00. The van der Waals surface area contributed by atoms with Crippen molar-refractivity contribution in [3.05, 3.63) is 211 Å². The maximum Gasteiger partial charge on any atom is 0.257 e. The van der Waals surface area contributed by atoms with E-state index in [1.807, 2.05) is 6.07 Å². The fraction of sp³-hybridized carbons (Fsp3) is 0.0545. The van der Waals surface area contributed by atoms with E-state index in [0.717, 1.165) is 62.5 Å². The van der Waals surface area contributed by atoms with Gasteiger partial charge in [0, 0.05) is 56.7 Å². The summed E-state index contributed by atoms with van der Waals surface area (Å²) in [6, 6.07) is 71.7. The van der Waals surface area contributed by atoms with Crippen LogP contribution < -0.4 is 35.7 Å². The molecule has 60 heavy (non-hydrogen) atoms. The van der Waals surface area contributed by atoms with E-state index in [-0.39, 0.29) is 12.1 Å². The molecule has 0 unspecified atom stereocenters. The zero-order valence-electron chi connectivity index (χ0n) is 33.3. The number of rotatable bonds is 5. The van der Waals surface area contributed by atoms with E-state index in [1.165, 1.54) is 44.1 Å². The Labute approximate surface area is 350 Å². The van der Waals surface area contributed by atoms with Crippen LogP contribution in [0.4, 0.5) is 34.1 Å². The van der Waals surface area contributed by atoms with Crippen molar-refractivity contribution in [1.82, 2.24) is 0 Å². The Bertz CT molecular complexity index is 3140. The summed E-state index contributed by atoms with van der Waals surface area (Å²) in [5.74, 6) is 3.54. The average Bonchev–Trinajstić information content (AvgIpc) is 3.30. The first-order valence-corrected chi connectivity index (χ1v) is 20.7. The van der Waals surface area contributed by atoms with Crippen molar-refractivity contribution in [2.45, 2.75) is 19.3 Å². The first-order chi connectivity index (χ1) is 29.5. The van der Waals surface area contributed by atoms with Crippen LogP contribution in [0.1, 0.15) is 25.0 Å². The summed E-state index contributed by atoms with van der Waals surface area (Å²) in [5.41, 5.74) is 14.6. The summed E-state index contributed by atoms with van der Waals surface area (Å²) in [7, 11) is 0. The number of fused-ring (bicyclic) bond motifs is 8. The van der Waals surface area contributed by atoms with Crippen LogP contribution in [0.3, 0.4) is 0 Å². The van der Waals surface area contributed by atoms with Gasteiger partial charge < -0.3 is 19.3 Å². The molecule has 0 amide bonds. The Balaban J connectivity index is 1.04. The molecule has 3 aliphatic rings. The second kappa shape index (κ2) is 13.3. The van der Waals surface area contributed by atoms with Gasteiger partial charge in [0.2, 0.25) is 0 Å². The van der Waals surface area contributed by atoms with Crippen molar-refractivity contribution >= 4 is 68.0 Å².